The molecule has 0 radical (unpaired) electrons. The molecule has 3 rings (SSSR count). The molecule has 0 heterocycles. The standard InChI is InChI=1S/C40H50O4/c1-2-3-4-5-6-7-8-9-10-11-12-13-14-15-25-32-37(42)39(38(43)33-41)44-40(34-26-19-16-20-27-34,35-28-21-17-22-29-35)36-30-23-18-24-31-36/h6-7,9-10,12-13,16-24,26-31,38-39,41,43H,2-5,8,11,14-15,25,32-33H2,1H3/t38-,39+/m0/s1. The summed E-state index contributed by atoms with van der Waals surface area (Å²) in [4.78, 5) is 13.6. The number of Topliss-reactive ketones (excluding diaryl/α,β-unsaturated/α-hetero) is 1. The van der Waals surface area contributed by atoms with Crippen molar-refractivity contribution < 1.29 is 19.7 Å². The number of allylic oxidation sites excluding steroid dienone is 6. The molecule has 0 unspecified atom stereocenters. The lowest BCUT2D eigenvalue weighted by atomic mass is 9.79. The third-order valence-electron chi connectivity index (χ3n) is 7.76. The van der Waals surface area contributed by atoms with E-state index in [2.05, 4.69) is 43.4 Å². The zero-order chi connectivity index (χ0) is 31.3. The van der Waals surface area contributed by atoms with E-state index in [1.54, 1.807) is 0 Å². The minimum absolute atomic E-state index is 0.214. The lowest BCUT2D eigenvalue weighted by molar-refractivity contribution is -0.154. The number of ether oxygens (including phenoxy) is 1. The highest BCUT2D eigenvalue weighted by molar-refractivity contribution is 5.84. The Bertz CT molecular complexity index is 1170. The summed E-state index contributed by atoms with van der Waals surface area (Å²) in [6, 6.07) is 29.3. The number of benzene rings is 3. The number of carbonyl (C=O) groups excluding carboxylic acids is 1. The van der Waals surface area contributed by atoms with Crippen molar-refractivity contribution in [1.82, 2.24) is 0 Å². The molecule has 3 aromatic carbocycles. The van der Waals surface area contributed by atoms with Crippen molar-refractivity contribution in [3.05, 3.63) is 144 Å². The summed E-state index contributed by atoms with van der Waals surface area (Å²) in [7, 11) is 0. The number of hydrogen-bond acceptors (Lipinski definition) is 4. The van der Waals surface area contributed by atoms with Gasteiger partial charge in [0.05, 0.1) is 6.61 Å². The van der Waals surface area contributed by atoms with Gasteiger partial charge in [-0.05, 0) is 61.6 Å². The van der Waals surface area contributed by atoms with Crippen LogP contribution in [0.3, 0.4) is 0 Å². The molecule has 234 valence electrons. The molecule has 0 bridgehead atoms. The molecule has 3 aromatic rings. The van der Waals surface area contributed by atoms with Crippen molar-refractivity contribution in [2.45, 2.75) is 88.9 Å². The van der Waals surface area contributed by atoms with Gasteiger partial charge < -0.3 is 14.9 Å². The Kier molecular flexibility index (Phi) is 16.2. The van der Waals surface area contributed by atoms with Crippen LogP contribution in [-0.2, 0) is 15.1 Å². The third-order valence-corrected chi connectivity index (χ3v) is 7.76. The largest absolute Gasteiger partial charge is 0.394 e. The van der Waals surface area contributed by atoms with Crippen molar-refractivity contribution in [2.24, 2.45) is 0 Å². The maximum absolute atomic E-state index is 13.6. The highest BCUT2D eigenvalue weighted by Gasteiger charge is 2.43. The summed E-state index contributed by atoms with van der Waals surface area (Å²) in [6.45, 7) is 1.65. The average Bonchev–Trinajstić information content (AvgIpc) is 3.08. The second-order valence-corrected chi connectivity index (χ2v) is 11.2. The molecule has 0 aliphatic heterocycles. The molecule has 0 fully saturated rings. The second kappa shape index (κ2) is 20.4. The number of aliphatic hydroxyl groups excluding tert-OH is 2. The minimum Gasteiger partial charge on any atom is -0.394 e. The lowest BCUT2D eigenvalue weighted by Crippen LogP contribution is -2.46. The summed E-state index contributed by atoms with van der Waals surface area (Å²) < 4.78 is 6.80. The number of unbranched alkanes of at least 4 members (excludes halogenated alkanes) is 5. The van der Waals surface area contributed by atoms with Crippen LogP contribution in [0.5, 0.6) is 0 Å². The number of carbonyl (C=O) groups is 1. The van der Waals surface area contributed by atoms with Crippen LogP contribution in [0.2, 0.25) is 0 Å². The molecule has 4 heteroatoms. The Morgan fingerprint density at radius 2 is 1.11 bits per heavy atom. The van der Waals surface area contributed by atoms with Gasteiger partial charge in [-0.2, -0.15) is 0 Å². The SMILES string of the molecule is CCCCCC=CCC=CCC=CCCCCC(=O)[C@@H](OC(c1ccccc1)(c1ccccc1)c1ccccc1)[C@@H](O)CO. The predicted octanol–water partition coefficient (Wildman–Crippen LogP) is 8.88. The monoisotopic (exact) mass is 594 g/mol. The molecule has 0 saturated heterocycles. The molecule has 2 atom stereocenters. The van der Waals surface area contributed by atoms with Gasteiger partial charge in [0.25, 0.3) is 0 Å². The van der Waals surface area contributed by atoms with E-state index in [0.717, 1.165) is 42.4 Å². The van der Waals surface area contributed by atoms with Gasteiger partial charge in [-0.25, -0.2) is 0 Å². The van der Waals surface area contributed by atoms with Crippen LogP contribution < -0.4 is 0 Å². The molecule has 0 saturated carbocycles. The molecule has 0 spiro atoms. The van der Waals surface area contributed by atoms with Gasteiger partial charge in [-0.1, -0.05) is 147 Å². The zero-order valence-electron chi connectivity index (χ0n) is 26.3. The van der Waals surface area contributed by atoms with E-state index in [9.17, 15) is 15.0 Å². The predicted molar refractivity (Wildman–Crippen MR) is 181 cm³/mol. The fraction of sp³-hybridized carbons (Fsp3) is 0.375. The first-order chi connectivity index (χ1) is 21.6. The first-order valence-corrected chi connectivity index (χ1v) is 16.2. The highest BCUT2D eigenvalue weighted by atomic mass is 16.5. The Morgan fingerprint density at radius 3 is 1.55 bits per heavy atom. The van der Waals surface area contributed by atoms with Gasteiger partial charge in [-0.3, -0.25) is 4.79 Å². The van der Waals surface area contributed by atoms with Gasteiger partial charge in [0.1, 0.15) is 17.8 Å². The highest BCUT2D eigenvalue weighted by Crippen LogP contribution is 2.42. The van der Waals surface area contributed by atoms with Crippen molar-refractivity contribution in [2.75, 3.05) is 6.61 Å². The summed E-state index contributed by atoms with van der Waals surface area (Å²) in [6.07, 6.45) is 20.2. The van der Waals surface area contributed by atoms with Crippen molar-refractivity contribution in [1.29, 1.82) is 0 Å². The van der Waals surface area contributed by atoms with Crippen LogP contribution in [0.4, 0.5) is 0 Å². The Morgan fingerprint density at radius 1 is 0.682 bits per heavy atom. The van der Waals surface area contributed by atoms with E-state index >= 15 is 0 Å². The van der Waals surface area contributed by atoms with Crippen LogP contribution in [0.15, 0.2) is 127 Å². The van der Waals surface area contributed by atoms with Gasteiger partial charge >= 0.3 is 0 Å². The van der Waals surface area contributed by atoms with Crippen LogP contribution in [0.1, 0.15) is 87.8 Å². The number of aliphatic hydroxyl groups is 2. The summed E-state index contributed by atoms with van der Waals surface area (Å²) in [5.74, 6) is -0.214. The maximum atomic E-state index is 13.6. The van der Waals surface area contributed by atoms with Crippen LogP contribution in [0, 0.1) is 0 Å². The quantitative estimate of drug-likeness (QED) is 0.0734. The molecule has 0 aliphatic rings. The Balaban J connectivity index is 1.64. The van der Waals surface area contributed by atoms with Crippen molar-refractivity contribution in [3.63, 3.8) is 0 Å². The second-order valence-electron chi connectivity index (χ2n) is 11.2. The average molecular weight is 595 g/mol. The van der Waals surface area contributed by atoms with E-state index in [0.29, 0.717) is 6.42 Å². The van der Waals surface area contributed by atoms with Crippen molar-refractivity contribution >= 4 is 5.78 Å². The molecular weight excluding hydrogens is 544 g/mol. The smallest absolute Gasteiger partial charge is 0.164 e. The van der Waals surface area contributed by atoms with Gasteiger partial charge in [0, 0.05) is 6.42 Å². The van der Waals surface area contributed by atoms with Gasteiger partial charge in [-0.15, -0.1) is 0 Å². The molecule has 2 N–H and O–H groups in total. The number of hydrogen-bond donors (Lipinski definition) is 2. The molecule has 44 heavy (non-hydrogen) atoms. The number of ketones is 1. The van der Waals surface area contributed by atoms with Gasteiger partial charge in [0.15, 0.2) is 5.78 Å². The zero-order valence-corrected chi connectivity index (χ0v) is 26.3. The Hall–Kier alpha value is -3.57. The van der Waals surface area contributed by atoms with Crippen LogP contribution in [0.25, 0.3) is 0 Å². The fourth-order valence-electron chi connectivity index (χ4n) is 5.36. The minimum atomic E-state index is -1.35. The van der Waals surface area contributed by atoms with Crippen LogP contribution >= 0.6 is 0 Å². The summed E-state index contributed by atoms with van der Waals surface area (Å²) in [5, 5.41) is 20.9. The van der Waals surface area contributed by atoms with E-state index in [1.807, 2.05) is 91.0 Å². The van der Waals surface area contributed by atoms with Crippen molar-refractivity contribution in [3.8, 4) is 0 Å². The molecule has 0 aliphatic carbocycles. The normalized spacial score (nSPS) is 13.6. The molecule has 0 aromatic heterocycles. The molecule has 0 amide bonds. The number of rotatable bonds is 21. The van der Waals surface area contributed by atoms with E-state index < -0.39 is 24.4 Å². The first kappa shape index (κ1) is 34.9. The third kappa shape index (κ3) is 10.9. The maximum Gasteiger partial charge on any atom is 0.164 e. The molecular formula is C40H50O4. The lowest BCUT2D eigenvalue weighted by Gasteiger charge is -2.39. The van der Waals surface area contributed by atoms with E-state index in [4.69, 9.17) is 4.74 Å². The summed E-state index contributed by atoms with van der Waals surface area (Å²) >= 11 is 0. The van der Waals surface area contributed by atoms with E-state index in [-0.39, 0.29) is 12.2 Å². The summed E-state index contributed by atoms with van der Waals surface area (Å²) in [5.41, 5.74) is 1.34. The first-order valence-electron chi connectivity index (χ1n) is 16.2. The van der Waals surface area contributed by atoms with Gasteiger partial charge in [0.2, 0.25) is 0 Å². The Labute approximate surface area is 264 Å². The van der Waals surface area contributed by atoms with E-state index in [1.165, 1.54) is 25.7 Å². The molecule has 4 nitrogen and oxygen atoms in total. The van der Waals surface area contributed by atoms with Crippen LogP contribution in [-0.4, -0.2) is 34.8 Å². The fourth-order valence-corrected chi connectivity index (χ4v) is 5.36. The topological polar surface area (TPSA) is 66.8 Å².